The number of rotatable bonds is 2. The van der Waals surface area contributed by atoms with Crippen molar-refractivity contribution >= 4 is 0 Å². The van der Waals surface area contributed by atoms with Gasteiger partial charge >= 0.3 is 0 Å². The first-order chi connectivity index (χ1) is 5.95. The molecule has 0 radical (unpaired) electrons. The van der Waals surface area contributed by atoms with Crippen molar-refractivity contribution in [2.75, 3.05) is 7.11 Å². The van der Waals surface area contributed by atoms with E-state index < -0.39 is 5.54 Å². The topological polar surface area (TPSA) is 35.2 Å². The summed E-state index contributed by atoms with van der Waals surface area (Å²) in [6.07, 6.45) is 0. The van der Waals surface area contributed by atoms with Crippen molar-refractivity contribution in [1.29, 1.82) is 0 Å². The van der Waals surface area contributed by atoms with E-state index >= 15 is 0 Å². The van der Waals surface area contributed by atoms with Crippen molar-refractivity contribution in [3.05, 3.63) is 29.6 Å². The second kappa shape index (κ2) is 3.34. The monoisotopic (exact) mass is 183 g/mol. The standard InChI is InChI=1S/C10H14FNO/c1-10(2,12)7-4-5-8(11)9(6-7)13-3/h4-6H,12H2,1-3H3. The smallest absolute Gasteiger partial charge is 0.165 e. The van der Waals surface area contributed by atoms with Crippen LogP contribution < -0.4 is 10.5 Å². The maximum Gasteiger partial charge on any atom is 0.165 e. The van der Waals surface area contributed by atoms with E-state index in [0.29, 0.717) is 0 Å². The van der Waals surface area contributed by atoms with Crippen LogP contribution in [-0.2, 0) is 5.54 Å². The summed E-state index contributed by atoms with van der Waals surface area (Å²) in [5.74, 6) is -0.133. The molecule has 0 fully saturated rings. The average Bonchev–Trinajstić information content (AvgIpc) is 2.03. The highest BCUT2D eigenvalue weighted by atomic mass is 19.1. The maximum absolute atomic E-state index is 13.0. The Balaban J connectivity index is 3.14. The fourth-order valence-electron chi connectivity index (χ4n) is 1.06. The Hall–Kier alpha value is -1.09. The van der Waals surface area contributed by atoms with E-state index in [1.54, 1.807) is 12.1 Å². The van der Waals surface area contributed by atoms with Crippen molar-refractivity contribution in [3.63, 3.8) is 0 Å². The molecule has 72 valence electrons. The third kappa shape index (κ3) is 2.18. The molecule has 0 saturated heterocycles. The minimum Gasteiger partial charge on any atom is -0.494 e. The van der Waals surface area contributed by atoms with Crippen LogP contribution in [0, 0.1) is 5.82 Å². The van der Waals surface area contributed by atoms with Gasteiger partial charge < -0.3 is 10.5 Å². The molecule has 0 atom stereocenters. The summed E-state index contributed by atoms with van der Waals surface area (Å²) in [6.45, 7) is 3.72. The lowest BCUT2D eigenvalue weighted by atomic mass is 9.95. The van der Waals surface area contributed by atoms with Gasteiger partial charge in [-0.05, 0) is 31.5 Å². The number of ether oxygens (including phenoxy) is 1. The van der Waals surface area contributed by atoms with E-state index in [4.69, 9.17) is 10.5 Å². The molecule has 3 heteroatoms. The van der Waals surface area contributed by atoms with Gasteiger partial charge in [0, 0.05) is 5.54 Å². The molecule has 0 aliphatic carbocycles. The summed E-state index contributed by atoms with van der Waals surface area (Å²) in [5, 5.41) is 0. The maximum atomic E-state index is 13.0. The van der Waals surface area contributed by atoms with Crippen LogP contribution >= 0.6 is 0 Å². The lowest BCUT2D eigenvalue weighted by molar-refractivity contribution is 0.384. The summed E-state index contributed by atoms with van der Waals surface area (Å²) >= 11 is 0. The van der Waals surface area contributed by atoms with Gasteiger partial charge in [-0.2, -0.15) is 0 Å². The summed E-state index contributed by atoms with van der Waals surface area (Å²) in [6, 6.07) is 4.65. The Labute approximate surface area is 77.5 Å². The second-order valence-electron chi connectivity index (χ2n) is 3.57. The van der Waals surface area contributed by atoms with E-state index in [1.807, 2.05) is 13.8 Å². The lowest BCUT2D eigenvalue weighted by Crippen LogP contribution is -2.28. The minimum absolute atomic E-state index is 0.232. The molecule has 0 aromatic heterocycles. The molecule has 0 spiro atoms. The van der Waals surface area contributed by atoms with Crippen molar-refractivity contribution in [1.82, 2.24) is 0 Å². The van der Waals surface area contributed by atoms with E-state index in [1.165, 1.54) is 13.2 Å². The Bertz CT molecular complexity index is 304. The third-order valence-corrected chi connectivity index (χ3v) is 1.90. The molecule has 0 unspecified atom stereocenters. The summed E-state index contributed by atoms with van der Waals surface area (Å²) < 4.78 is 17.8. The molecule has 13 heavy (non-hydrogen) atoms. The highest BCUT2D eigenvalue weighted by molar-refractivity contribution is 5.33. The molecule has 0 bridgehead atoms. The van der Waals surface area contributed by atoms with Crippen molar-refractivity contribution in [2.45, 2.75) is 19.4 Å². The van der Waals surface area contributed by atoms with Gasteiger partial charge in [0.25, 0.3) is 0 Å². The number of nitrogens with two attached hydrogens (primary N) is 1. The van der Waals surface area contributed by atoms with Crippen molar-refractivity contribution < 1.29 is 9.13 Å². The molecule has 0 aliphatic rings. The number of hydrogen-bond acceptors (Lipinski definition) is 2. The van der Waals surface area contributed by atoms with Crippen LogP contribution in [0.25, 0.3) is 0 Å². The first-order valence-electron chi connectivity index (χ1n) is 4.08. The lowest BCUT2D eigenvalue weighted by Gasteiger charge is -2.19. The van der Waals surface area contributed by atoms with E-state index in [9.17, 15) is 4.39 Å². The SMILES string of the molecule is COc1cc(C(C)(C)N)ccc1F. The summed E-state index contributed by atoms with van der Waals surface area (Å²) in [7, 11) is 1.44. The van der Waals surface area contributed by atoms with Gasteiger partial charge in [0.15, 0.2) is 11.6 Å². The number of methoxy groups -OCH3 is 1. The van der Waals surface area contributed by atoms with Crippen LogP contribution in [0.1, 0.15) is 19.4 Å². The van der Waals surface area contributed by atoms with Gasteiger partial charge in [-0.15, -0.1) is 0 Å². The Morgan fingerprint density at radius 1 is 1.38 bits per heavy atom. The largest absolute Gasteiger partial charge is 0.494 e. The van der Waals surface area contributed by atoms with Crippen LogP contribution in [0.5, 0.6) is 5.75 Å². The van der Waals surface area contributed by atoms with Crippen molar-refractivity contribution in [3.8, 4) is 5.75 Å². The molecule has 0 saturated carbocycles. The first kappa shape index (κ1) is 9.99. The summed E-state index contributed by atoms with van der Waals surface area (Å²) in [5.41, 5.74) is 6.23. The molecule has 2 nitrogen and oxygen atoms in total. The van der Waals surface area contributed by atoms with Gasteiger partial charge in [-0.3, -0.25) is 0 Å². The fourth-order valence-corrected chi connectivity index (χ4v) is 1.06. The number of halogens is 1. The average molecular weight is 183 g/mol. The van der Waals surface area contributed by atoms with Gasteiger partial charge in [0.1, 0.15) is 0 Å². The quantitative estimate of drug-likeness (QED) is 0.761. The van der Waals surface area contributed by atoms with Gasteiger partial charge in [-0.1, -0.05) is 6.07 Å². The van der Waals surface area contributed by atoms with Gasteiger partial charge in [-0.25, -0.2) is 4.39 Å². The van der Waals surface area contributed by atoms with Crippen molar-refractivity contribution in [2.24, 2.45) is 5.73 Å². The molecule has 1 rings (SSSR count). The van der Waals surface area contributed by atoms with E-state index in [0.717, 1.165) is 5.56 Å². The van der Waals surface area contributed by atoms with E-state index in [2.05, 4.69) is 0 Å². The van der Waals surface area contributed by atoms with Crippen LogP contribution in [0.3, 0.4) is 0 Å². The predicted octanol–water partition coefficient (Wildman–Crippen LogP) is 2.03. The second-order valence-corrected chi connectivity index (χ2v) is 3.57. The Morgan fingerprint density at radius 2 is 2.00 bits per heavy atom. The molecule has 1 aromatic rings. The molecular weight excluding hydrogens is 169 g/mol. The van der Waals surface area contributed by atoms with Crippen LogP contribution in [0.15, 0.2) is 18.2 Å². The number of hydrogen-bond donors (Lipinski definition) is 1. The normalized spacial score (nSPS) is 11.5. The van der Waals surface area contributed by atoms with Crippen LogP contribution in [0.4, 0.5) is 4.39 Å². The number of benzene rings is 1. The first-order valence-corrected chi connectivity index (χ1v) is 4.08. The zero-order valence-corrected chi connectivity index (χ0v) is 8.10. The zero-order chi connectivity index (χ0) is 10.1. The Kier molecular flexibility index (Phi) is 2.57. The summed E-state index contributed by atoms with van der Waals surface area (Å²) in [4.78, 5) is 0. The van der Waals surface area contributed by atoms with E-state index in [-0.39, 0.29) is 11.6 Å². The highest BCUT2D eigenvalue weighted by Gasteiger charge is 2.15. The molecule has 0 heterocycles. The molecule has 2 N–H and O–H groups in total. The van der Waals surface area contributed by atoms with Crippen LogP contribution in [-0.4, -0.2) is 7.11 Å². The van der Waals surface area contributed by atoms with Crippen LogP contribution in [0.2, 0.25) is 0 Å². The fraction of sp³-hybridized carbons (Fsp3) is 0.400. The highest BCUT2D eigenvalue weighted by Crippen LogP contribution is 2.24. The molecule has 1 aromatic carbocycles. The molecular formula is C10H14FNO. The Morgan fingerprint density at radius 3 is 2.46 bits per heavy atom. The zero-order valence-electron chi connectivity index (χ0n) is 8.10. The van der Waals surface area contributed by atoms with Gasteiger partial charge in [0.05, 0.1) is 7.11 Å². The minimum atomic E-state index is -0.471. The predicted molar refractivity (Wildman–Crippen MR) is 50.2 cm³/mol. The molecule has 0 amide bonds. The third-order valence-electron chi connectivity index (χ3n) is 1.90. The molecule has 0 aliphatic heterocycles. The van der Waals surface area contributed by atoms with Gasteiger partial charge in [0.2, 0.25) is 0 Å².